The molecule has 3 aromatic rings. The number of aliphatic hydroxyl groups is 1. The number of nitrogens with zero attached hydrogens (tertiary/aromatic N) is 4. The lowest BCUT2D eigenvalue weighted by atomic mass is 10.0. The largest absolute Gasteiger partial charge is 0.380 e. The molecule has 0 bridgehead atoms. The third-order valence-electron chi connectivity index (χ3n) is 5.37. The normalized spacial score (nSPS) is 16.3. The highest BCUT2D eigenvalue weighted by Crippen LogP contribution is 2.30. The van der Waals surface area contributed by atoms with E-state index in [9.17, 15) is 5.11 Å². The van der Waals surface area contributed by atoms with Crippen LogP contribution in [0.1, 0.15) is 23.1 Å². The number of hydrogen-bond donors (Lipinski definition) is 1. The Bertz CT molecular complexity index is 916. The van der Waals surface area contributed by atoms with E-state index in [1.54, 1.807) is 6.20 Å². The highest BCUT2D eigenvalue weighted by molar-refractivity contribution is 6.30. The Hall–Kier alpha value is -2.34. The molecule has 4 rings (SSSR count). The first-order valence-corrected chi connectivity index (χ1v) is 9.95. The summed E-state index contributed by atoms with van der Waals surface area (Å²) in [6, 6.07) is 16.2. The number of benzene rings is 2. The molecule has 146 valence electrons. The van der Waals surface area contributed by atoms with Gasteiger partial charge in [0.15, 0.2) is 0 Å². The Morgan fingerprint density at radius 1 is 1.04 bits per heavy atom. The van der Waals surface area contributed by atoms with Gasteiger partial charge in [-0.2, -0.15) is 0 Å². The second kappa shape index (κ2) is 8.35. The molecule has 2 aromatic carbocycles. The van der Waals surface area contributed by atoms with Gasteiger partial charge >= 0.3 is 0 Å². The van der Waals surface area contributed by atoms with Crippen LogP contribution in [-0.2, 0) is 13.6 Å². The van der Waals surface area contributed by atoms with Gasteiger partial charge in [-0.25, -0.2) is 4.98 Å². The SMILES string of the molecule is Cn1ccnc1C(O)c1ccccc1N1CCN(Cc2ccc(Cl)cc2)CC1. The summed E-state index contributed by atoms with van der Waals surface area (Å²) in [5.41, 5.74) is 3.27. The van der Waals surface area contributed by atoms with E-state index >= 15 is 0 Å². The summed E-state index contributed by atoms with van der Waals surface area (Å²) >= 11 is 5.98. The van der Waals surface area contributed by atoms with Gasteiger partial charge in [0.25, 0.3) is 0 Å². The van der Waals surface area contributed by atoms with Crippen LogP contribution >= 0.6 is 11.6 Å². The Morgan fingerprint density at radius 3 is 2.43 bits per heavy atom. The molecule has 1 aliphatic rings. The molecule has 1 aromatic heterocycles. The van der Waals surface area contributed by atoms with E-state index < -0.39 is 6.10 Å². The minimum atomic E-state index is -0.733. The van der Waals surface area contributed by atoms with Gasteiger partial charge < -0.3 is 14.6 Å². The number of aryl methyl sites for hydroxylation is 1. The quantitative estimate of drug-likeness (QED) is 0.717. The van der Waals surface area contributed by atoms with E-state index in [4.69, 9.17) is 11.6 Å². The van der Waals surface area contributed by atoms with Gasteiger partial charge in [0.2, 0.25) is 0 Å². The van der Waals surface area contributed by atoms with Crippen molar-refractivity contribution in [1.82, 2.24) is 14.5 Å². The number of halogens is 1. The van der Waals surface area contributed by atoms with Crippen molar-refractivity contribution in [2.75, 3.05) is 31.1 Å². The Kier molecular flexibility index (Phi) is 5.67. The average Bonchev–Trinajstić information content (AvgIpc) is 3.16. The molecular formula is C22H25ClN4O. The van der Waals surface area contributed by atoms with Gasteiger partial charge in [0.1, 0.15) is 11.9 Å². The second-order valence-electron chi connectivity index (χ2n) is 7.25. The van der Waals surface area contributed by atoms with Gasteiger partial charge in [-0.1, -0.05) is 41.9 Å². The number of imidazole rings is 1. The van der Waals surface area contributed by atoms with E-state index in [0.717, 1.165) is 49.0 Å². The number of hydrogen-bond acceptors (Lipinski definition) is 4. The van der Waals surface area contributed by atoms with Crippen molar-refractivity contribution in [1.29, 1.82) is 0 Å². The summed E-state index contributed by atoms with van der Waals surface area (Å²) in [5, 5.41) is 11.7. The molecule has 0 aliphatic carbocycles. The minimum Gasteiger partial charge on any atom is -0.380 e. The molecule has 1 fully saturated rings. The Labute approximate surface area is 170 Å². The summed E-state index contributed by atoms with van der Waals surface area (Å²) in [5.74, 6) is 0.661. The van der Waals surface area contributed by atoms with E-state index in [1.165, 1.54) is 5.56 Å². The highest BCUT2D eigenvalue weighted by atomic mass is 35.5. The lowest BCUT2D eigenvalue weighted by Gasteiger charge is -2.37. The van der Waals surface area contributed by atoms with Crippen molar-refractivity contribution in [3.63, 3.8) is 0 Å². The first-order chi connectivity index (χ1) is 13.6. The van der Waals surface area contributed by atoms with E-state index in [1.807, 2.05) is 48.1 Å². The number of anilines is 1. The molecule has 1 unspecified atom stereocenters. The zero-order chi connectivity index (χ0) is 19.5. The number of piperazine rings is 1. The predicted molar refractivity (Wildman–Crippen MR) is 113 cm³/mol. The van der Waals surface area contributed by atoms with Crippen LogP contribution < -0.4 is 4.90 Å². The van der Waals surface area contributed by atoms with Crippen LogP contribution in [0.15, 0.2) is 60.9 Å². The summed E-state index contributed by atoms with van der Waals surface area (Å²) in [6.07, 6.45) is 2.84. The maximum absolute atomic E-state index is 10.9. The fraction of sp³-hybridized carbons (Fsp3) is 0.318. The lowest BCUT2D eigenvalue weighted by molar-refractivity contribution is 0.205. The predicted octanol–water partition coefficient (Wildman–Crippen LogP) is 3.48. The molecule has 0 radical (unpaired) electrons. The van der Waals surface area contributed by atoms with Gasteiger partial charge in [-0.05, 0) is 23.8 Å². The van der Waals surface area contributed by atoms with E-state index in [-0.39, 0.29) is 0 Å². The molecule has 0 spiro atoms. The molecule has 1 atom stereocenters. The summed E-state index contributed by atoms with van der Waals surface area (Å²) in [7, 11) is 1.91. The number of para-hydroxylation sites is 1. The standard InChI is InChI=1S/C22H25ClN4O/c1-25-11-10-24-22(25)21(28)19-4-2-3-5-20(19)27-14-12-26(13-15-27)16-17-6-8-18(23)9-7-17/h2-11,21,28H,12-16H2,1H3. The van der Waals surface area contributed by atoms with E-state index in [2.05, 4.69) is 33.0 Å². The smallest absolute Gasteiger partial charge is 0.142 e. The molecule has 5 nitrogen and oxygen atoms in total. The van der Waals surface area contributed by atoms with Crippen molar-refractivity contribution in [2.45, 2.75) is 12.6 Å². The maximum Gasteiger partial charge on any atom is 0.142 e. The van der Waals surface area contributed by atoms with Crippen molar-refractivity contribution < 1.29 is 5.11 Å². The molecule has 1 aliphatic heterocycles. The highest BCUT2D eigenvalue weighted by Gasteiger charge is 2.23. The summed E-state index contributed by atoms with van der Waals surface area (Å²) in [4.78, 5) is 9.14. The minimum absolute atomic E-state index is 0.661. The van der Waals surface area contributed by atoms with Crippen molar-refractivity contribution in [3.05, 3.63) is 82.9 Å². The molecule has 0 saturated carbocycles. The topological polar surface area (TPSA) is 44.5 Å². The van der Waals surface area contributed by atoms with Crippen LogP contribution in [0, 0.1) is 0 Å². The van der Waals surface area contributed by atoms with Gasteiger partial charge in [-0.15, -0.1) is 0 Å². The number of aliphatic hydroxyl groups excluding tert-OH is 1. The van der Waals surface area contributed by atoms with Gasteiger partial charge in [-0.3, -0.25) is 4.90 Å². The zero-order valence-electron chi connectivity index (χ0n) is 16.0. The third kappa shape index (κ3) is 4.07. The molecule has 6 heteroatoms. The fourth-order valence-electron chi connectivity index (χ4n) is 3.78. The second-order valence-corrected chi connectivity index (χ2v) is 7.68. The van der Waals surface area contributed by atoms with E-state index in [0.29, 0.717) is 5.82 Å². The first-order valence-electron chi connectivity index (χ1n) is 9.58. The van der Waals surface area contributed by atoms with Gasteiger partial charge in [0, 0.05) is 68.4 Å². The molecule has 2 heterocycles. The van der Waals surface area contributed by atoms with Crippen LogP contribution in [0.5, 0.6) is 0 Å². The summed E-state index contributed by atoms with van der Waals surface area (Å²) in [6.45, 7) is 4.75. The van der Waals surface area contributed by atoms with Crippen molar-refractivity contribution in [2.24, 2.45) is 7.05 Å². The Balaban J connectivity index is 1.45. The molecular weight excluding hydrogens is 372 g/mol. The van der Waals surface area contributed by atoms with Crippen molar-refractivity contribution >= 4 is 17.3 Å². The van der Waals surface area contributed by atoms with Crippen LogP contribution in [0.25, 0.3) is 0 Å². The van der Waals surface area contributed by atoms with Crippen LogP contribution in [0.2, 0.25) is 5.02 Å². The zero-order valence-corrected chi connectivity index (χ0v) is 16.8. The van der Waals surface area contributed by atoms with Crippen LogP contribution in [0.4, 0.5) is 5.69 Å². The molecule has 1 N–H and O–H groups in total. The molecule has 28 heavy (non-hydrogen) atoms. The van der Waals surface area contributed by atoms with Crippen molar-refractivity contribution in [3.8, 4) is 0 Å². The summed E-state index contributed by atoms with van der Waals surface area (Å²) < 4.78 is 1.87. The Morgan fingerprint density at radius 2 is 1.75 bits per heavy atom. The van der Waals surface area contributed by atoms with Crippen LogP contribution in [-0.4, -0.2) is 45.7 Å². The maximum atomic E-state index is 10.9. The lowest BCUT2D eigenvalue weighted by Crippen LogP contribution is -2.46. The average molecular weight is 397 g/mol. The molecule has 0 amide bonds. The number of aromatic nitrogens is 2. The van der Waals surface area contributed by atoms with Gasteiger partial charge in [0.05, 0.1) is 0 Å². The van der Waals surface area contributed by atoms with Crippen LogP contribution in [0.3, 0.4) is 0 Å². The first kappa shape index (κ1) is 19.0. The third-order valence-corrected chi connectivity index (χ3v) is 5.62. The number of rotatable bonds is 5. The monoisotopic (exact) mass is 396 g/mol. The fourth-order valence-corrected chi connectivity index (χ4v) is 3.91. The molecule has 1 saturated heterocycles.